The third kappa shape index (κ3) is 4.25. The molecule has 0 unspecified atom stereocenters. The molecule has 34 heavy (non-hydrogen) atoms. The summed E-state index contributed by atoms with van der Waals surface area (Å²) in [6.45, 7) is 0.696. The van der Waals surface area contributed by atoms with Crippen molar-refractivity contribution in [2.45, 2.75) is 12.8 Å². The smallest absolute Gasteiger partial charge is 0.255 e. The summed E-state index contributed by atoms with van der Waals surface area (Å²) < 4.78 is 0. The summed E-state index contributed by atoms with van der Waals surface area (Å²) >= 11 is 6.11. The zero-order chi connectivity index (χ0) is 23.7. The van der Waals surface area contributed by atoms with Crippen molar-refractivity contribution in [1.29, 1.82) is 0 Å². The lowest BCUT2D eigenvalue weighted by molar-refractivity contribution is -0.117. The maximum Gasteiger partial charge on any atom is 0.255 e. The fourth-order valence-electron chi connectivity index (χ4n) is 4.04. The molecule has 170 valence electrons. The van der Waals surface area contributed by atoms with Crippen LogP contribution in [-0.4, -0.2) is 29.3 Å². The van der Waals surface area contributed by atoms with Gasteiger partial charge in [0.25, 0.3) is 11.8 Å². The predicted molar refractivity (Wildman–Crippen MR) is 134 cm³/mol. The van der Waals surface area contributed by atoms with E-state index in [1.807, 2.05) is 0 Å². The Balaban J connectivity index is 1.31. The number of halogens is 1. The van der Waals surface area contributed by atoms with Crippen molar-refractivity contribution in [2.24, 2.45) is 0 Å². The number of aromatic nitrogens is 1. The molecule has 1 saturated heterocycles. The van der Waals surface area contributed by atoms with Crippen LogP contribution in [-0.2, 0) is 4.79 Å². The highest BCUT2D eigenvalue weighted by molar-refractivity contribution is 6.35. The lowest BCUT2D eigenvalue weighted by Crippen LogP contribution is -2.23. The van der Waals surface area contributed by atoms with Crippen LogP contribution in [0.5, 0.6) is 0 Å². The van der Waals surface area contributed by atoms with E-state index >= 15 is 0 Å². The van der Waals surface area contributed by atoms with Crippen LogP contribution < -0.4 is 15.5 Å². The molecular weight excluding hydrogens is 452 g/mol. The number of benzene rings is 3. The van der Waals surface area contributed by atoms with Gasteiger partial charge in [0.2, 0.25) is 5.91 Å². The van der Waals surface area contributed by atoms with Crippen LogP contribution in [0.15, 0.2) is 72.9 Å². The Hall–Kier alpha value is -4.10. The van der Waals surface area contributed by atoms with Crippen molar-refractivity contribution in [3.05, 3.63) is 89.1 Å². The number of anilines is 3. The minimum Gasteiger partial charge on any atom is -0.360 e. The fraction of sp³-hybridized carbons (Fsp3) is 0.115. The van der Waals surface area contributed by atoms with Gasteiger partial charge in [-0.3, -0.25) is 14.4 Å². The van der Waals surface area contributed by atoms with Crippen molar-refractivity contribution in [1.82, 2.24) is 4.98 Å². The number of aromatic amines is 1. The molecule has 1 aliphatic rings. The number of para-hydroxylation sites is 2. The summed E-state index contributed by atoms with van der Waals surface area (Å²) in [5, 5.41) is 7.15. The maximum atomic E-state index is 12.9. The second-order valence-electron chi connectivity index (χ2n) is 8.05. The zero-order valence-corrected chi connectivity index (χ0v) is 18.9. The van der Waals surface area contributed by atoms with Crippen LogP contribution in [0.3, 0.4) is 0 Å². The van der Waals surface area contributed by atoms with Crippen molar-refractivity contribution >= 4 is 57.3 Å². The second-order valence-corrected chi connectivity index (χ2v) is 8.45. The van der Waals surface area contributed by atoms with Gasteiger partial charge in [-0.1, -0.05) is 29.8 Å². The van der Waals surface area contributed by atoms with E-state index in [-0.39, 0.29) is 17.7 Å². The monoisotopic (exact) mass is 472 g/mol. The van der Waals surface area contributed by atoms with E-state index in [9.17, 15) is 14.4 Å². The minimum atomic E-state index is -0.316. The fourth-order valence-corrected chi connectivity index (χ4v) is 4.26. The van der Waals surface area contributed by atoms with E-state index in [2.05, 4.69) is 15.6 Å². The number of carbonyl (C=O) groups excluding carboxylic acids is 3. The van der Waals surface area contributed by atoms with Crippen molar-refractivity contribution in [3.8, 4) is 0 Å². The number of hydrogen-bond donors (Lipinski definition) is 3. The van der Waals surface area contributed by atoms with Gasteiger partial charge in [-0.25, -0.2) is 0 Å². The molecule has 0 aliphatic carbocycles. The van der Waals surface area contributed by atoms with Crippen LogP contribution in [0.2, 0.25) is 5.02 Å². The van der Waals surface area contributed by atoms with Crippen molar-refractivity contribution in [3.63, 3.8) is 0 Å². The number of amides is 3. The molecule has 0 radical (unpaired) electrons. The van der Waals surface area contributed by atoms with Gasteiger partial charge in [-0.05, 0) is 55.0 Å². The normalized spacial score (nSPS) is 13.3. The number of fused-ring (bicyclic) bond motifs is 1. The molecule has 7 nitrogen and oxygen atoms in total. The number of hydrogen-bond acceptors (Lipinski definition) is 3. The van der Waals surface area contributed by atoms with Crippen LogP contribution in [0.1, 0.15) is 33.6 Å². The first-order valence-electron chi connectivity index (χ1n) is 10.9. The summed E-state index contributed by atoms with van der Waals surface area (Å²) in [5.74, 6) is -0.530. The topological polar surface area (TPSA) is 94.3 Å². The molecule has 8 heteroatoms. The molecule has 1 fully saturated rings. The molecule has 4 aromatic rings. The Bertz CT molecular complexity index is 1410. The molecule has 3 N–H and O–H groups in total. The largest absolute Gasteiger partial charge is 0.360 e. The highest BCUT2D eigenvalue weighted by Gasteiger charge is 2.22. The quantitative estimate of drug-likeness (QED) is 0.360. The number of H-pyrrole nitrogens is 1. The maximum absolute atomic E-state index is 12.9. The molecule has 0 bridgehead atoms. The second kappa shape index (κ2) is 9.03. The number of carbonyl (C=O) groups is 3. The van der Waals surface area contributed by atoms with E-state index in [4.69, 9.17) is 11.6 Å². The zero-order valence-electron chi connectivity index (χ0n) is 18.1. The molecule has 5 rings (SSSR count). The molecule has 3 aromatic carbocycles. The van der Waals surface area contributed by atoms with Gasteiger partial charge in [-0.2, -0.15) is 0 Å². The number of nitrogens with one attached hydrogen (secondary N) is 3. The first-order chi connectivity index (χ1) is 16.5. The van der Waals surface area contributed by atoms with E-state index in [0.717, 1.165) is 23.0 Å². The average Bonchev–Trinajstić information content (AvgIpc) is 3.45. The van der Waals surface area contributed by atoms with E-state index < -0.39 is 0 Å². The van der Waals surface area contributed by atoms with Crippen molar-refractivity contribution in [2.75, 3.05) is 22.1 Å². The first-order valence-corrected chi connectivity index (χ1v) is 11.3. The Labute approximate surface area is 200 Å². The standard InChI is InChI=1S/C26H21ClN4O3/c27-20-15-28-23-14-17(9-12-19(20)23)26(34)30-22-5-2-1-4-21(22)29-25(33)16-7-10-18(11-8-16)31-13-3-6-24(31)32/h1-2,4-5,7-12,14-15,28H,3,6,13H2,(H,29,33)(H,30,34). The lowest BCUT2D eigenvalue weighted by atomic mass is 10.1. The van der Waals surface area contributed by atoms with Gasteiger partial charge in [0.1, 0.15) is 0 Å². The lowest BCUT2D eigenvalue weighted by Gasteiger charge is -2.16. The summed E-state index contributed by atoms with van der Waals surface area (Å²) in [7, 11) is 0. The van der Waals surface area contributed by atoms with Gasteiger partial charge in [0.15, 0.2) is 0 Å². The summed E-state index contributed by atoms with van der Waals surface area (Å²) in [6, 6.07) is 19.1. The van der Waals surface area contributed by atoms with Crippen LogP contribution in [0, 0.1) is 0 Å². The number of nitrogens with zero attached hydrogens (tertiary/aromatic N) is 1. The highest BCUT2D eigenvalue weighted by atomic mass is 35.5. The summed E-state index contributed by atoms with van der Waals surface area (Å²) in [6.07, 6.45) is 3.07. The first kappa shape index (κ1) is 21.7. The van der Waals surface area contributed by atoms with Gasteiger partial charge in [0, 0.05) is 46.9 Å². The average molecular weight is 473 g/mol. The van der Waals surface area contributed by atoms with Crippen molar-refractivity contribution < 1.29 is 14.4 Å². The predicted octanol–water partition coefficient (Wildman–Crippen LogP) is 5.45. The van der Waals surface area contributed by atoms with E-state index in [1.54, 1.807) is 77.8 Å². The molecule has 2 heterocycles. The van der Waals surface area contributed by atoms with Crippen LogP contribution >= 0.6 is 11.6 Å². The van der Waals surface area contributed by atoms with E-state index in [1.165, 1.54) is 0 Å². The molecule has 1 aliphatic heterocycles. The Morgan fingerprint density at radius 1 is 0.882 bits per heavy atom. The van der Waals surface area contributed by atoms with E-state index in [0.29, 0.717) is 40.5 Å². The SMILES string of the molecule is O=C(Nc1ccccc1NC(=O)c1ccc2c(Cl)c[nH]c2c1)c1ccc(N2CCCC2=O)cc1. The Morgan fingerprint density at radius 3 is 2.18 bits per heavy atom. The van der Waals surface area contributed by atoms with Crippen LogP contribution in [0.4, 0.5) is 17.1 Å². The highest BCUT2D eigenvalue weighted by Crippen LogP contribution is 2.26. The summed E-state index contributed by atoms with van der Waals surface area (Å²) in [4.78, 5) is 42.4. The summed E-state index contributed by atoms with van der Waals surface area (Å²) in [5.41, 5.74) is 3.41. The molecule has 0 saturated carbocycles. The molecule has 1 aromatic heterocycles. The van der Waals surface area contributed by atoms with Gasteiger partial charge in [-0.15, -0.1) is 0 Å². The molecular formula is C26H21ClN4O3. The Morgan fingerprint density at radius 2 is 1.53 bits per heavy atom. The third-order valence-electron chi connectivity index (χ3n) is 5.83. The Kier molecular flexibility index (Phi) is 5.77. The minimum absolute atomic E-state index is 0.0976. The van der Waals surface area contributed by atoms with Gasteiger partial charge in [0.05, 0.1) is 16.4 Å². The molecule has 3 amide bonds. The number of rotatable bonds is 5. The third-order valence-corrected chi connectivity index (χ3v) is 6.14. The van der Waals surface area contributed by atoms with Crippen LogP contribution in [0.25, 0.3) is 10.9 Å². The molecule has 0 atom stereocenters. The van der Waals surface area contributed by atoms with Gasteiger partial charge < -0.3 is 20.5 Å². The van der Waals surface area contributed by atoms with Gasteiger partial charge >= 0.3 is 0 Å². The molecule has 0 spiro atoms.